The first-order valence-corrected chi connectivity index (χ1v) is 16.5. The van der Waals surface area contributed by atoms with Crippen molar-refractivity contribution in [1.29, 1.82) is 0 Å². The third kappa shape index (κ3) is 5.42. The number of nitrogens with one attached hydrogen (secondary N) is 2. The van der Waals surface area contributed by atoms with Crippen LogP contribution in [0.3, 0.4) is 0 Å². The average molecular weight is 640 g/mol. The Hall–Kier alpha value is -4.45. The first-order chi connectivity index (χ1) is 23.0. The van der Waals surface area contributed by atoms with E-state index in [2.05, 4.69) is 27.5 Å². The zero-order valence-electron chi connectivity index (χ0n) is 26.4. The number of hydrogen-bond donors (Lipinski definition) is 2. The lowest BCUT2D eigenvalue weighted by atomic mass is 9.95. The molecule has 0 aliphatic carbocycles. The number of carbonyl (C=O) groups excluding carboxylic acids is 1. The van der Waals surface area contributed by atoms with Gasteiger partial charge in [0.2, 0.25) is 5.43 Å². The largest absolute Gasteiger partial charge is 0.488 e. The van der Waals surface area contributed by atoms with Gasteiger partial charge in [-0.05, 0) is 56.1 Å². The van der Waals surface area contributed by atoms with Crippen LogP contribution in [0.4, 0.5) is 10.1 Å². The van der Waals surface area contributed by atoms with Gasteiger partial charge in [-0.15, -0.1) is 0 Å². The van der Waals surface area contributed by atoms with Crippen molar-refractivity contribution in [2.45, 2.75) is 31.9 Å². The fraction of sp³-hybridized carbons (Fsp3) is 0.389. The molecule has 2 saturated heterocycles. The Balaban J connectivity index is 1.21. The molecule has 3 aromatic carbocycles. The van der Waals surface area contributed by atoms with E-state index in [1.807, 2.05) is 36.4 Å². The van der Waals surface area contributed by atoms with Crippen LogP contribution in [0.1, 0.15) is 35.2 Å². The zero-order valence-corrected chi connectivity index (χ0v) is 26.4. The molecule has 0 saturated carbocycles. The summed E-state index contributed by atoms with van der Waals surface area (Å²) in [5.41, 5.74) is 3.61. The molecule has 10 nitrogen and oxygen atoms in total. The van der Waals surface area contributed by atoms with E-state index in [0.29, 0.717) is 68.2 Å². The Morgan fingerprint density at radius 3 is 2.72 bits per heavy atom. The minimum absolute atomic E-state index is 0.0436. The fourth-order valence-corrected chi connectivity index (χ4v) is 7.32. The number of likely N-dealkylation sites (tertiary alicyclic amines) is 1. The molecule has 1 aromatic heterocycles. The van der Waals surface area contributed by atoms with Crippen LogP contribution >= 0.6 is 0 Å². The van der Waals surface area contributed by atoms with Crippen molar-refractivity contribution >= 4 is 22.5 Å². The van der Waals surface area contributed by atoms with Gasteiger partial charge in [0.25, 0.3) is 5.91 Å². The summed E-state index contributed by atoms with van der Waals surface area (Å²) < 4.78 is 35.8. The second-order valence-electron chi connectivity index (χ2n) is 12.8. The number of benzene rings is 3. The molecule has 2 fully saturated rings. The monoisotopic (exact) mass is 639 g/mol. The fourth-order valence-electron chi connectivity index (χ4n) is 7.32. The summed E-state index contributed by atoms with van der Waals surface area (Å²) in [6.45, 7) is 6.05. The van der Waals surface area contributed by atoms with E-state index in [1.165, 1.54) is 6.07 Å². The molecule has 244 valence electrons. The minimum atomic E-state index is -0.619. The summed E-state index contributed by atoms with van der Waals surface area (Å²) in [6.07, 6.45) is 4.60. The Morgan fingerprint density at radius 1 is 1.04 bits per heavy atom. The quantitative estimate of drug-likeness (QED) is 0.251. The van der Waals surface area contributed by atoms with Gasteiger partial charge in [-0.3, -0.25) is 14.5 Å². The van der Waals surface area contributed by atoms with E-state index in [1.54, 1.807) is 10.8 Å². The van der Waals surface area contributed by atoms with E-state index in [4.69, 9.17) is 14.2 Å². The smallest absolute Gasteiger partial charge is 0.256 e. The third-order valence-electron chi connectivity index (χ3n) is 9.93. The summed E-state index contributed by atoms with van der Waals surface area (Å²) in [5.74, 6) is 0.204. The number of aromatic nitrogens is 1. The van der Waals surface area contributed by atoms with E-state index in [-0.39, 0.29) is 22.4 Å². The number of carbonyl (C=O) groups is 1. The molecule has 2 N–H and O–H groups in total. The number of pyridine rings is 1. The van der Waals surface area contributed by atoms with Gasteiger partial charge in [-0.1, -0.05) is 24.3 Å². The maximum absolute atomic E-state index is 16.0. The number of rotatable bonds is 8. The number of amides is 1. The van der Waals surface area contributed by atoms with Crippen LogP contribution in [0, 0.1) is 5.82 Å². The summed E-state index contributed by atoms with van der Waals surface area (Å²) in [5, 5.41) is 6.28. The highest BCUT2D eigenvalue weighted by molar-refractivity contribution is 6.01. The molecule has 0 radical (unpaired) electrons. The SMILES string of the molecule is CN1CCCC1CCNC(=O)c1cn2c3c(c(NCCN4CCOCC4)c(F)cc3c1=O)Oc1cc3c(cc1-2)-c1ccccc1CO3. The van der Waals surface area contributed by atoms with Gasteiger partial charge in [0, 0.05) is 56.6 Å². The van der Waals surface area contributed by atoms with Gasteiger partial charge in [0.15, 0.2) is 17.3 Å². The molecule has 11 heteroatoms. The van der Waals surface area contributed by atoms with E-state index < -0.39 is 17.2 Å². The predicted octanol–water partition coefficient (Wildman–Crippen LogP) is 4.75. The molecule has 5 heterocycles. The second kappa shape index (κ2) is 12.3. The van der Waals surface area contributed by atoms with E-state index >= 15 is 4.39 Å². The summed E-state index contributed by atoms with van der Waals surface area (Å²) in [6, 6.07) is 13.5. The molecule has 0 spiro atoms. The van der Waals surface area contributed by atoms with Gasteiger partial charge in [0.1, 0.15) is 29.1 Å². The lowest BCUT2D eigenvalue weighted by Crippen LogP contribution is -2.39. The molecule has 1 amide bonds. The van der Waals surface area contributed by atoms with Crippen molar-refractivity contribution in [2.24, 2.45) is 0 Å². The van der Waals surface area contributed by atoms with Gasteiger partial charge >= 0.3 is 0 Å². The lowest BCUT2D eigenvalue weighted by molar-refractivity contribution is 0.0398. The molecule has 4 aliphatic rings. The topological polar surface area (TPSA) is 97.3 Å². The van der Waals surface area contributed by atoms with Crippen LogP contribution in [0.2, 0.25) is 0 Å². The minimum Gasteiger partial charge on any atom is -0.488 e. The number of fused-ring (bicyclic) bond motifs is 5. The van der Waals surface area contributed by atoms with E-state index in [0.717, 1.165) is 55.6 Å². The zero-order chi connectivity index (χ0) is 32.1. The van der Waals surface area contributed by atoms with Crippen molar-refractivity contribution < 1.29 is 23.4 Å². The summed E-state index contributed by atoms with van der Waals surface area (Å²) >= 11 is 0. The number of morpholine rings is 1. The standard InChI is InChI=1S/C36H38FN5O5/c1-40-11-4-6-23(40)8-9-39-36(44)27-20-42-29-18-25-24-7-3-2-5-22(24)21-46-30(25)19-31(29)47-35-32(28(37)17-26(33(35)42)34(27)43)38-10-12-41-13-15-45-16-14-41/h2-3,5,7,17-20,23,38H,4,6,8-16,21H2,1H3,(H,39,44). The molecule has 4 aliphatic heterocycles. The number of hydrogen-bond acceptors (Lipinski definition) is 8. The number of halogens is 1. The molecule has 4 aromatic rings. The molecule has 0 bridgehead atoms. The molecular weight excluding hydrogens is 601 g/mol. The first-order valence-electron chi connectivity index (χ1n) is 16.5. The van der Waals surface area contributed by atoms with Gasteiger partial charge in [0.05, 0.1) is 24.3 Å². The number of ether oxygens (including phenoxy) is 3. The summed E-state index contributed by atoms with van der Waals surface area (Å²) in [7, 11) is 2.10. The van der Waals surface area contributed by atoms with Gasteiger partial charge in [-0.2, -0.15) is 0 Å². The molecule has 1 unspecified atom stereocenters. The van der Waals surface area contributed by atoms with Crippen molar-refractivity contribution in [3.05, 3.63) is 75.8 Å². The normalized spacial score (nSPS) is 18.6. The summed E-state index contributed by atoms with van der Waals surface area (Å²) in [4.78, 5) is 32.1. The van der Waals surface area contributed by atoms with Crippen LogP contribution in [-0.4, -0.2) is 85.8 Å². The number of nitrogens with zero attached hydrogens (tertiary/aromatic N) is 3. The lowest BCUT2D eigenvalue weighted by Gasteiger charge is -2.29. The van der Waals surface area contributed by atoms with Crippen LogP contribution in [0.15, 0.2) is 53.5 Å². The van der Waals surface area contributed by atoms with E-state index in [9.17, 15) is 9.59 Å². The Morgan fingerprint density at radius 2 is 1.89 bits per heavy atom. The van der Waals surface area contributed by atoms with Crippen LogP contribution in [0.5, 0.6) is 17.2 Å². The van der Waals surface area contributed by atoms with Crippen LogP contribution in [0.25, 0.3) is 27.7 Å². The van der Waals surface area contributed by atoms with Crippen molar-refractivity contribution in [1.82, 2.24) is 19.7 Å². The average Bonchev–Trinajstić information content (AvgIpc) is 3.50. The Labute approximate surface area is 272 Å². The maximum Gasteiger partial charge on any atom is 0.256 e. The number of anilines is 1. The highest BCUT2D eigenvalue weighted by atomic mass is 19.1. The maximum atomic E-state index is 16.0. The van der Waals surface area contributed by atoms with Gasteiger partial charge in [-0.25, -0.2) is 4.39 Å². The Bertz CT molecular complexity index is 1940. The molecular formula is C36H38FN5O5. The Kier molecular flexibility index (Phi) is 7.83. The highest BCUT2D eigenvalue weighted by Crippen LogP contribution is 2.49. The molecule has 8 rings (SSSR count). The van der Waals surface area contributed by atoms with Crippen molar-refractivity contribution in [3.63, 3.8) is 0 Å². The van der Waals surface area contributed by atoms with Crippen LogP contribution < -0.4 is 25.5 Å². The van der Waals surface area contributed by atoms with Gasteiger partial charge < -0.3 is 34.3 Å². The first kappa shape index (κ1) is 29.9. The molecule has 1 atom stereocenters. The second-order valence-corrected chi connectivity index (χ2v) is 12.8. The molecule has 47 heavy (non-hydrogen) atoms. The van der Waals surface area contributed by atoms with Crippen molar-refractivity contribution in [2.75, 3.05) is 64.8 Å². The highest BCUT2D eigenvalue weighted by Gasteiger charge is 2.31. The van der Waals surface area contributed by atoms with Crippen LogP contribution in [-0.2, 0) is 11.3 Å². The predicted molar refractivity (Wildman–Crippen MR) is 178 cm³/mol. The third-order valence-corrected chi connectivity index (χ3v) is 9.93. The van der Waals surface area contributed by atoms with Crippen molar-refractivity contribution in [3.8, 4) is 34.1 Å².